The summed E-state index contributed by atoms with van der Waals surface area (Å²) in [6.07, 6.45) is 1.47. The lowest BCUT2D eigenvalue weighted by Crippen LogP contribution is -2.21. The molecule has 0 radical (unpaired) electrons. The Balaban J connectivity index is 2.27. The average Bonchev–Trinajstić information content (AvgIpc) is 2.64. The maximum absolute atomic E-state index is 14.0. The van der Waals surface area contributed by atoms with Gasteiger partial charge in [-0.3, -0.25) is 9.78 Å². The lowest BCUT2D eigenvalue weighted by molar-refractivity contribution is 0.409. The zero-order valence-corrected chi connectivity index (χ0v) is 15.8. The van der Waals surface area contributed by atoms with Crippen LogP contribution in [0.15, 0.2) is 53.1 Å². The second-order valence-electron chi connectivity index (χ2n) is 6.39. The molecule has 28 heavy (non-hydrogen) atoms. The number of aliphatic hydroxyl groups is 1. The number of halogens is 1. The molecule has 0 saturated heterocycles. The minimum atomic E-state index is -0.490. The highest BCUT2D eigenvalue weighted by molar-refractivity contribution is 6.22. The normalized spacial score (nSPS) is 12.0. The Labute approximate surface area is 161 Å². The van der Waals surface area contributed by atoms with Crippen molar-refractivity contribution >= 4 is 22.2 Å². The molecule has 2 N–H and O–H groups in total. The van der Waals surface area contributed by atoms with E-state index in [4.69, 9.17) is 10.1 Å². The van der Waals surface area contributed by atoms with E-state index in [1.807, 2.05) is 0 Å². The number of pyridine rings is 2. The van der Waals surface area contributed by atoms with Crippen molar-refractivity contribution in [2.45, 2.75) is 20.4 Å². The largest absolute Gasteiger partial charge is 0.512 e. The van der Waals surface area contributed by atoms with Crippen molar-refractivity contribution in [2.75, 3.05) is 7.11 Å². The van der Waals surface area contributed by atoms with Gasteiger partial charge in [-0.15, -0.1) is 0 Å². The molecule has 2 aromatic heterocycles. The van der Waals surface area contributed by atoms with E-state index in [2.05, 4.69) is 4.98 Å². The Morgan fingerprint density at radius 3 is 2.64 bits per heavy atom. The Kier molecular flexibility index (Phi) is 5.26. The summed E-state index contributed by atoms with van der Waals surface area (Å²) in [6.45, 7) is 3.04. The highest BCUT2D eigenvalue weighted by Gasteiger charge is 2.17. The summed E-state index contributed by atoms with van der Waals surface area (Å²) < 4.78 is 20.9. The van der Waals surface area contributed by atoms with E-state index in [1.54, 1.807) is 25.1 Å². The predicted octanol–water partition coefficient (Wildman–Crippen LogP) is 3.92. The summed E-state index contributed by atoms with van der Waals surface area (Å²) in [5.74, 6) is -0.104. The first-order valence-electron chi connectivity index (χ1n) is 8.60. The van der Waals surface area contributed by atoms with E-state index in [9.17, 15) is 14.3 Å². The molecular weight excluding hydrogens is 361 g/mol. The van der Waals surface area contributed by atoms with Crippen LogP contribution >= 0.6 is 0 Å². The van der Waals surface area contributed by atoms with Crippen molar-refractivity contribution in [1.82, 2.24) is 9.55 Å². The van der Waals surface area contributed by atoms with Crippen LogP contribution < -0.4 is 10.3 Å². The number of benzene rings is 1. The van der Waals surface area contributed by atoms with Crippen LogP contribution in [-0.4, -0.2) is 27.5 Å². The summed E-state index contributed by atoms with van der Waals surface area (Å²) in [5, 5.41) is 18.7. The molecule has 2 heterocycles. The number of aliphatic hydroxyl groups excluding tert-OH is 1. The number of hydrogen-bond donors (Lipinski definition) is 2. The van der Waals surface area contributed by atoms with E-state index in [0.717, 1.165) is 0 Å². The fraction of sp³-hybridized carbons (Fsp3) is 0.190. The molecule has 0 aliphatic carbocycles. The van der Waals surface area contributed by atoms with Gasteiger partial charge in [-0.05, 0) is 43.5 Å². The Hall–Kier alpha value is -3.48. The van der Waals surface area contributed by atoms with Crippen molar-refractivity contribution in [3.8, 4) is 5.75 Å². The second-order valence-corrected chi connectivity index (χ2v) is 6.39. The van der Waals surface area contributed by atoms with Crippen LogP contribution in [0.4, 0.5) is 4.39 Å². The molecule has 144 valence electrons. The number of fused-ring (bicyclic) bond motifs is 1. The van der Waals surface area contributed by atoms with E-state index in [1.165, 1.54) is 43.0 Å². The molecule has 0 saturated carbocycles. The van der Waals surface area contributed by atoms with Gasteiger partial charge in [0.25, 0.3) is 5.56 Å². The molecule has 0 aliphatic rings. The molecule has 0 aliphatic heterocycles. The first-order chi connectivity index (χ1) is 13.3. The summed E-state index contributed by atoms with van der Waals surface area (Å²) in [5.41, 5.74) is 1.47. The highest BCUT2D eigenvalue weighted by Crippen LogP contribution is 2.32. The molecule has 0 atom stereocenters. The summed E-state index contributed by atoms with van der Waals surface area (Å²) in [7, 11) is 1.47. The number of allylic oxidation sites excluding steroid dienone is 2. The quantitative estimate of drug-likeness (QED) is 0.518. The molecule has 3 rings (SSSR count). The maximum atomic E-state index is 14.0. The number of nitrogens with zero attached hydrogens (tertiary/aromatic N) is 2. The number of nitrogens with one attached hydrogen (secondary N) is 1. The smallest absolute Gasteiger partial charge is 0.251 e. The number of ether oxygens (including phenoxy) is 1. The van der Waals surface area contributed by atoms with Crippen LogP contribution in [0, 0.1) is 11.2 Å². The van der Waals surface area contributed by atoms with Crippen molar-refractivity contribution in [2.24, 2.45) is 0 Å². The third-order valence-electron chi connectivity index (χ3n) is 4.46. The van der Waals surface area contributed by atoms with Crippen LogP contribution in [0.2, 0.25) is 0 Å². The summed E-state index contributed by atoms with van der Waals surface area (Å²) in [6, 6.07) is 9.22. The zero-order valence-electron chi connectivity index (χ0n) is 15.8. The van der Waals surface area contributed by atoms with Gasteiger partial charge in [-0.25, -0.2) is 4.39 Å². The van der Waals surface area contributed by atoms with Gasteiger partial charge in [0.2, 0.25) is 0 Å². The van der Waals surface area contributed by atoms with Gasteiger partial charge in [0.15, 0.2) is 0 Å². The SMILES string of the molecule is COc1cc2c(ccc(=O)n2Cc2ncccc2F)cc1/C(C(C)=N)=C(\C)O. The van der Waals surface area contributed by atoms with Crippen LogP contribution in [0.25, 0.3) is 16.5 Å². The molecule has 0 spiro atoms. The van der Waals surface area contributed by atoms with Gasteiger partial charge in [0, 0.05) is 35.2 Å². The Morgan fingerprint density at radius 2 is 2.04 bits per heavy atom. The van der Waals surface area contributed by atoms with E-state index >= 15 is 0 Å². The highest BCUT2D eigenvalue weighted by atomic mass is 19.1. The van der Waals surface area contributed by atoms with Crippen molar-refractivity contribution in [3.05, 3.63) is 75.8 Å². The van der Waals surface area contributed by atoms with Crippen LogP contribution in [0.3, 0.4) is 0 Å². The third kappa shape index (κ3) is 3.51. The van der Waals surface area contributed by atoms with Gasteiger partial charge in [0.1, 0.15) is 11.6 Å². The number of rotatable bonds is 5. The average molecular weight is 381 g/mol. The maximum Gasteiger partial charge on any atom is 0.251 e. The second kappa shape index (κ2) is 7.64. The Bertz CT molecular complexity index is 1160. The molecule has 0 amide bonds. The zero-order chi connectivity index (χ0) is 20.4. The molecule has 0 bridgehead atoms. The van der Waals surface area contributed by atoms with Crippen molar-refractivity contribution in [3.63, 3.8) is 0 Å². The van der Waals surface area contributed by atoms with Gasteiger partial charge in [0.05, 0.1) is 30.6 Å². The fourth-order valence-electron chi connectivity index (χ4n) is 3.20. The van der Waals surface area contributed by atoms with Gasteiger partial charge >= 0.3 is 0 Å². The molecule has 3 aromatic rings. The minimum absolute atomic E-state index is 0.00553. The van der Waals surface area contributed by atoms with Crippen LogP contribution in [0.5, 0.6) is 5.75 Å². The van der Waals surface area contributed by atoms with Crippen LogP contribution in [-0.2, 0) is 6.54 Å². The van der Waals surface area contributed by atoms with Gasteiger partial charge in [-0.1, -0.05) is 0 Å². The molecule has 7 heteroatoms. The standard InChI is InChI=1S/C21H20FN3O3/c1-12(23)21(13(2)26)15-9-14-6-7-20(27)25(18(14)10-19(15)28-3)11-17-16(22)5-4-8-24-17/h4-10,23,26H,11H2,1-3H3/b21-13+,23-12?. The minimum Gasteiger partial charge on any atom is -0.512 e. The molecular formula is C21H20FN3O3. The lowest BCUT2D eigenvalue weighted by atomic mass is 9.97. The first-order valence-corrected chi connectivity index (χ1v) is 8.60. The number of hydrogen-bond acceptors (Lipinski definition) is 5. The number of aromatic nitrogens is 2. The molecule has 0 unspecified atom stereocenters. The first kappa shape index (κ1) is 19.3. The third-order valence-corrected chi connectivity index (χ3v) is 4.46. The fourth-order valence-corrected chi connectivity index (χ4v) is 3.20. The van der Waals surface area contributed by atoms with E-state index in [-0.39, 0.29) is 29.3 Å². The van der Waals surface area contributed by atoms with Gasteiger partial charge in [-0.2, -0.15) is 0 Å². The van der Waals surface area contributed by atoms with Crippen LogP contribution in [0.1, 0.15) is 25.1 Å². The number of methoxy groups -OCH3 is 1. The monoisotopic (exact) mass is 381 g/mol. The van der Waals surface area contributed by atoms with E-state index < -0.39 is 5.82 Å². The summed E-state index contributed by atoms with van der Waals surface area (Å²) in [4.78, 5) is 16.5. The van der Waals surface area contributed by atoms with Gasteiger partial charge < -0.3 is 19.8 Å². The molecule has 6 nitrogen and oxygen atoms in total. The van der Waals surface area contributed by atoms with Crippen molar-refractivity contribution in [1.29, 1.82) is 5.41 Å². The summed E-state index contributed by atoms with van der Waals surface area (Å²) >= 11 is 0. The topological polar surface area (TPSA) is 88.2 Å². The molecule has 0 fully saturated rings. The Morgan fingerprint density at radius 1 is 1.29 bits per heavy atom. The van der Waals surface area contributed by atoms with Crippen molar-refractivity contribution < 1.29 is 14.2 Å². The lowest BCUT2D eigenvalue weighted by Gasteiger charge is -2.16. The molecule has 1 aromatic carbocycles. The predicted molar refractivity (Wildman–Crippen MR) is 107 cm³/mol. The van der Waals surface area contributed by atoms with E-state index in [0.29, 0.717) is 27.8 Å².